The smallest absolute Gasteiger partial charge is 0.241 e. The summed E-state index contributed by atoms with van der Waals surface area (Å²) in [5, 5.41) is 0. The summed E-state index contributed by atoms with van der Waals surface area (Å²) >= 11 is 0. The van der Waals surface area contributed by atoms with Crippen LogP contribution in [0, 0.1) is 0 Å². The number of hydrogen-bond acceptors (Lipinski definition) is 6. The first-order valence-corrected chi connectivity index (χ1v) is 10.1. The van der Waals surface area contributed by atoms with E-state index in [2.05, 4.69) is 0 Å². The lowest BCUT2D eigenvalue weighted by Crippen LogP contribution is -2.46. The third-order valence-electron chi connectivity index (χ3n) is 5.48. The highest BCUT2D eigenvalue weighted by atomic mass is 16.5. The lowest BCUT2D eigenvalue weighted by Gasteiger charge is -2.33. The minimum Gasteiger partial charge on any atom is -0.496 e. The molecule has 3 amide bonds. The van der Waals surface area contributed by atoms with Crippen LogP contribution < -0.4 is 4.74 Å². The van der Waals surface area contributed by atoms with Crippen LogP contribution in [-0.2, 0) is 29.3 Å². The number of carbonyl (C=O) groups is 3. The molecule has 1 fully saturated rings. The second-order valence-corrected chi connectivity index (χ2v) is 7.65. The number of ether oxygens (including phenoxy) is 3. The molecule has 1 aromatic carbocycles. The van der Waals surface area contributed by atoms with Gasteiger partial charge in [0.05, 0.1) is 32.3 Å². The molecule has 166 valence electrons. The maximum Gasteiger partial charge on any atom is 0.241 e. The zero-order valence-electron chi connectivity index (χ0n) is 18.5. The highest BCUT2D eigenvalue weighted by molar-refractivity contribution is 6.11. The number of para-hydroxylation sites is 1. The SMILES string of the molecule is COCCN1C(=O)C[C@](CC(=O)N(CCOC)C(C)C)(c2ccccc2OC)C1=O. The van der Waals surface area contributed by atoms with Gasteiger partial charge in [0, 0.05) is 45.2 Å². The van der Waals surface area contributed by atoms with Crippen LogP contribution in [0.5, 0.6) is 5.75 Å². The van der Waals surface area contributed by atoms with Crippen LogP contribution in [0.2, 0.25) is 0 Å². The van der Waals surface area contributed by atoms with Crippen molar-refractivity contribution in [2.45, 2.75) is 38.1 Å². The maximum absolute atomic E-state index is 13.6. The molecule has 1 heterocycles. The van der Waals surface area contributed by atoms with Crippen molar-refractivity contribution in [1.29, 1.82) is 0 Å². The molecule has 0 bridgehead atoms. The molecular formula is C22H32N2O6. The fraction of sp³-hybridized carbons (Fsp3) is 0.591. The van der Waals surface area contributed by atoms with Gasteiger partial charge in [-0.25, -0.2) is 0 Å². The Hall–Kier alpha value is -2.45. The van der Waals surface area contributed by atoms with Gasteiger partial charge >= 0.3 is 0 Å². The predicted octanol–water partition coefficient (Wildman–Crippen LogP) is 1.61. The van der Waals surface area contributed by atoms with E-state index in [4.69, 9.17) is 14.2 Å². The van der Waals surface area contributed by atoms with Crippen molar-refractivity contribution in [3.05, 3.63) is 29.8 Å². The molecule has 0 radical (unpaired) electrons. The Bertz CT molecular complexity index is 766. The van der Waals surface area contributed by atoms with E-state index in [1.54, 1.807) is 36.3 Å². The first kappa shape index (κ1) is 23.8. The van der Waals surface area contributed by atoms with E-state index in [0.717, 1.165) is 0 Å². The number of likely N-dealkylation sites (tertiary alicyclic amines) is 1. The molecule has 30 heavy (non-hydrogen) atoms. The van der Waals surface area contributed by atoms with Crippen LogP contribution in [0.4, 0.5) is 0 Å². The summed E-state index contributed by atoms with van der Waals surface area (Å²) in [4.78, 5) is 42.5. The molecule has 1 saturated heterocycles. The number of amides is 3. The molecule has 0 unspecified atom stereocenters. The van der Waals surface area contributed by atoms with Gasteiger partial charge in [-0.15, -0.1) is 0 Å². The molecule has 0 saturated carbocycles. The van der Waals surface area contributed by atoms with Gasteiger partial charge in [-0.05, 0) is 19.9 Å². The van der Waals surface area contributed by atoms with Crippen LogP contribution in [0.15, 0.2) is 24.3 Å². The van der Waals surface area contributed by atoms with Crippen molar-refractivity contribution in [2.24, 2.45) is 0 Å². The molecule has 1 aliphatic rings. The van der Waals surface area contributed by atoms with Crippen molar-refractivity contribution in [3.8, 4) is 5.75 Å². The van der Waals surface area contributed by atoms with Gasteiger partial charge in [0.1, 0.15) is 5.75 Å². The lowest BCUT2D eigenvalue weighted by molar-refractivity contribution is -0.144. The minimum absolute atomic E-state index is 0.0702. The Balaban J connectivity index is 2.49. The summed E-state index contributed by atoms with van der Waals surface area (Å²) < 4.78 is 15.7. The van der Waals surface area contributed by atoms with Gasteiger partial charge < -0.3 is 19.1 Å². The summed E-state index contributed by atoms with van der Waals surface area (Å²) in [6, 6.07) is 7.00. The molecule has 2 rings (SSSR count). The quantitative estimate of drug-likeness (QED) is 0.506. The molecule has 1 atom stereocenters. The highest BCUT2D eigenvalue weighted by Crippen LogP contribution is 2.44. The number of rotatable bonds is 11. The summed E-state index contributed by atoms with van der Waals surface area (Å²) in [5.41, 5.74) is -0.760. The van der Waals surface area contributed by atoms with E-state index in [0.29, 0.717) is 24.5 Å². The Kier molecular flexibility index (Phi) is 8.37. The minimum atomic E-state index is -1.31. The van der Waals surface area contributed by atoms with Crippen molar-refractivity contribution in [2.75, 3.05) is 47.6 Å². The third-order valence-corrected chi connectivity index (χ3v) is 5.48. The van der Waals surface area contributed by atoms with E-state index in [1.165, 1.54) is 19.1 Å². The maximum atomic E-state index is 13.6. The molecule has 0 N–H and O–H groups in total. The molecule has 1 aliphatic heterocycles. The summed E-state index contributed by atoms with van der Waals surface area (Å²) in [6.07, 6.45) is -0.207. The van der Waals surface area contributed by atoms with Crippen molar-refractivity contribution in [1.82, 2.24) is 9.80 Å². The van der Waals surface area contributed by atoms with E-state index < -0.39 is 11.3 Å². The van der Waals surface area contributed by atoms with Gasteiger partial charge in [0.15, 0.2) is 0 Å². The van der Waals surface area contributed by atoms with Gasteiger partial charge in [0.2, 0.25) is 17.7 Å². The second-order valence-electron chi connectivity index (χ2n) is 7.65. The molecule has 0 aliphatic carbocycles. The van der Waals surface area contributed by atoms with Gasteiger partial charge in [-0.1, -0.05) is 18.2 Å². The number of nitrogens with zero attached hydrogens (tertiary/aromatic N) is 2. The van der Waals surface area contributed by atoms with E-state index in [9.17, 15) is 14.4 Å². The largest absolute Gasteiger partial charge is 0.496 e. The zero-order valence-corrected chi connectivity index (χ0v) is 18.5. The zero-order chi connectivity index (χ0) is 22.3. The fourth-order valence-corrected chi connectivity index (χ4v) is 3.91. The molecular weight excluding hydrogens is 388 g/mol. The Morgan fingerprint density at radius 1 is 1.13 bits per heavy atom. The first-order valence-electron chi connectivity index (χ1n) is 10.1. The first-order chi connectivity index (χ1) is 14.3. The average Bonchev–Trinajstić information content (AvgIpc) is 2.96. The number of hydrogen-bond donors (Lipinski definition) is 0. The van der Waals surface area contributed by atoms with E-state index in [1.807, 2.05) is 13.8 Å². The number of carbonyl (C=O) groups excluding carboxylic acids is 3. The topological polar surface area (TPSA) is 85.4 Å². The summed E-state index contributed by atoms with van der Waals surface area (Å²) in [7, 11) is 4.60. The average molecular weight is 421 g/mol. The number of imide groups is 1. The summed E-state index contributed by atoms with van der Waals surface area (Å²) in [5.74, 6) is -0.433. The number of benzene rings is 1. The Morgan fingerprint density at radius 3 is 2.40 bits per heavy atom. The van der Waals surface area contributed by atoms with Crippen LogP contribution in [-0.4, -0.2) is 81.2 Å². The van der Waals surface area contributed by atoms with E-state index >= 15 is 0 Å². The van der Waals surface area contributed by atoms with Crippen LogP contribution in [0.25, 0.3) is 0 Å². The van der Waals surface area contributed by atoms with E-state index in [-0.39, 0.29) is 43.8 Å². The van der Waals surface area contributed by atoms with Crippen LogP contribution in [0.1, 0.15) is 32.3 Å². The van der Waals surface area contributed by atoms with Crippen molar-refractivity contribution in [3.63, 3.8) is 0 Å². The summed E-state index contributed by atoms with van der Waals surface area (Å²) in [6.45, 7) is 5.00. The van der Waals surface area contributed by atoms with Gasteiger partial charge in [-0.3, -0.25) is 19.3 Å². The van der Waals surface area contributed by atoms with Gasteiger partial charge in [0.25, 0.3) is 0 Å². The fourth-order valence-electron chi connectivity index (χ4n) is 3.91. The Morgan fingerprint density at radius 2 is 1.80 bits per heavy atom. The predicted molar refractivity (Wildman–Crippen MR) is 111 cm³/mol. The van der Waals surface area contributed by atoms with Crippen LogP contribution in [0.3, 0.4) is 0 Å². The monoisotopic (exact) mass is 420 g/mol. The third kappa shape index (κ3) is 4.82. The normalized spacial score (nSPS) is 18.9. The number of methoxy groups -OCH3 is 3. The molecule has 8 nitrogen and oxygen atoms in total. The standard InChI is InChI=1S/C22H32N2O6/c1-16(2)23(10-12-28-3)19(25)14-22(17-8-6-7-9-18(17)30-5)15-20(26)24(21(22)27)11-13-29-4/h6-9,16H,10-15H2,1-5H3/t22-/m1/s1. The molecule has 1 aromatic rings. The van der Waals surface area contributed by atoms with Crippen molar-refractivity contribution >= 4 is 17.7 Å². The Labute approximate surface area is 178 Å². The molecule has 0 aromatic heterocycles. The second kappa shape index (κ2) is 10.5. The molecule has 0 spiro atoms. The molecule has 8 heteroatoms. The van der Waals surface area contributed by atoms with Gasteiger partial charge in [-0.2, -0.15) is 0 Å². The van der Waals surface area contributed by atoms with Crippen LogP contribution >= 0.6 is 0 Å². The highest BCUT2D eigenvalue weighted by Gasteiger charge is 2.55. The van der Waals surface area contributed by atoms with Crippen molar-refractivity contribution < 1.29 is 28.6 Å². The lowest BCUT2D eigenvalue weighted by atomic mass is 9.75.